The highest BCUT2D eigenvalue weighted by Gasteiger charge is 2.34. The van der Waals surface area contributed by atoms with Crippen LogP contribution in [0.1, 0.15) is 24.0 Å². The van der Waals surface area contributed by atoms with Crippen molar-refractivity contribution in [2.24, 2.45) is 11.8 Å². The number of carboxylic acid groups (broad SMARTS) is 1. The van der Waals surface area contributed by atoms with Gasteiger partial charge in [0, 0.05) is 5.69 Å². The summed E-state index contributed by atoms with van der Waals surface area (Å²) in [5, 5.41) is 12.1. The molecule has 2 N–H and O–H groups in total. The van der Waals surface area contributed by atoms with Crippen LogP contribution in [0.15, 0.2) is 30.4 Å². The smallest absolute Gasteiger partial charge is 0.307 e. The monoisotopic (exact) mass is 273 g/mol. The van der Waals surface area contributed by atoms with E-state index in [4.69, 9.17) is 0 Å². The Morgan fingerprint density at radius 2 is 1.80 bits per heavy atom. The Balaban J connectivity index is 2.17. The van der Waals surface area contributed by atoms with E-state index in [1.807, 2.05) is 44.2 Å². The Hall–Kier alpha value is -2.10. The van der Waals surface area contributed by atoms with Crippen molar-refractivity contribution in [3.8, 4) is 0 Å². The molecule has 2 unspecified atom stereocenters. The molecule has 2 rings (SSSR count). The van der Waals surface area contributed by atoms with Gasteiger partial charge in [0.05, 0.1) is 11.8 Å². The van der Waals surface area contributed by atoms with Crippen LogP contribution in [0.25, 0.3) is 0 Å². The molecule has 0 spiro atoms. The van der Waals surface area contributed by atoms with Crippen LogP contribution in [0, 0.1) is 25.7 Å². The fourth-order valence-corrected chi connectivity index (χ4v) is 2.49. The van der Waals surface area contributed by atoms with E-state index in [-0.39, 0.29) is 5.91 Å². The molecule has 106 valence electrons. The number of carbonyl (C=O) groups excluding carboxylic acids is 1. The Kier molecular flexibility index (Phi) is 4.23. The third kappa shape index (κ3) is 2.90. The van der Waals surface area contributed by atoms with Crippen LogP contribution in [0.4, 0.5) is 5.69 Å². The second-order valence-corrected chi connectivity index (χ2v) is 5.23. The standard InChI is InChI=1S/C16H19NO3/c1-10-6-5-9-14(11(10)2)17-15(18)12-7-3-4-8-13(12)16(19)20/h3-6,9,12-13H,7-8H2,1-2H3,(H,17,18)(H,19,20). The third-order valence-electron chi connectivity index (χ3n) is 3.95. The average Bonchev–Trinajstić information content (AvgIpc) is 2.43. The molecule has 4 heteroatoms. The first-order chi connectivity index (χ1) is 9.50. The largest absolute Gasteiger partial charge is 0.481 e. The molecule has 1 aliphatic rings. The summed E-state index contributed by atoms with van der Waals surface area (Å²) in [4.78, 5) is 23.6. The molecule has 1 aliphatic carbocycles. The molecule has 0 aromatic heterocycles. The molecule has 1 aromatic rings. The van der Waals surface area contributed by atoms with Gasteiger partial charge in [-0.2, -0.15) is 0 Å². The molecule has 0 aliphatic heterocycles. The minimum absolute atomic E-state index is 0.213. The number of carboxylic acids is 1. The molecule has 0 bridgehead atoms. The second kappa shape index (κ2) is 5.90. The first-order valence-corrected chi connectivity index (χ1v) is 6.75. The van der Waals surface area contributed by atoms with Crippen LogP contribution in [-0.4, -0.2) is 17.0 Å². The zero-order valence-corrected chi connectivity index (χ0v) is 11.7. The van der Waals surface area contributed by atoms with E-state index >= 15 is 0 Å². The van der Waals surface area contributed by atoms with E-state index < -0.39 is 17.8 Å². The lowest BCUT2D eigenvalue weighted by Gasteiger charge is -2.24. The number of allylic oxidation sites excluding steroid dienone is 2. The lowest BCUT2D eigenvalue weighted by atomic mass is 9.82. The maximum Gasteiger partial charge on any atom is 0.307 e. The summed E-state index contributed by atoms with van der Waals surface area (Å²) in [6.45, 7) is 3.93. The van der Waals surface area contributed by atoms with Gasteiger partial charge in [0.2, 0.25) is 5.91 Å². The summed E-state index contributed by atoms with van der Waals surface area (Å²) in [6, 6.07) is 5.70. The molecular formula is C16H19NO3. The van der Waals surface area contributed by atoms with Crippen molar-refractivity contribution in [3.63, 3.8) is 0 Å². The molecule has 1 aromatic carbocycles. The Bertz CT molecular complexity index is 563. The van der Waals surface area contributed by atoms with Crippen molar-refractivity contribution < 1.29 is 14.7 Å². The van der Waals surface area contributed by atoms with Gasteiger partial charge < -0.3 is 10.4 Å². The van der Waals surface area contributed by atoms with Crippen molar-refractivity contribution in [2.75, 3.05) is 5.32 Å². The molecule has 0 heterocycles. The van der Waals surface area contributed by atoms with Crippen molar-refractivity contribution >= 4 is 17.6 Å². The number of aliphatic carboxylic acids is 1. The number of carbonyl (C=O) groups is 2. The minimum Gasteiger partial charge on any atom is -0.481 e. The van der Waals surface area contributed by atoms with Crippen LogP contribution in [0.5, 0.6) is 0 Å². The number of hydrogen-bond donors (Lipinski definition) is 2. The molecule has 1 amide bonds. The number of amides is 1. The molecular weight excluding hydrogens is 254 g/mol. The first-order valence-electron chi connectivity index (χ1n) is 6.75. The van der Waals surface area contributed by atoms with Gasteiger partial charge in [-0.25, -0.2) is 0 Å². The number of aryl methyl sites for hydroxylation is 1. The summed E-state index contributed by atoms with van der Waals surface area (Å²) < 4.78 is 0. The van der Waals surface area contributed by atoms with Gasteiger partial charge in [0.15, 0.2) is 0 Å². The number of anilines is 1. The predicted molar refractivity (Wildman–Crippen MR) is 77.5 cm³/mol. The van der Waals surface area contributed by atoms with E-state index in [9.17, 15) is 14.7 Å². The summed E-state index contributed by atoms with van der Waals surface area (Å²) in [5.74, 6) is -2.26. The van der Waals surface area contributed by atoms with Crippen LogP contribution in [0.3, 0.4) is 0 Å². The zero-order valence-electron chi connectivity index (χ0n) is 11.7. The fourth-order valence-electron chi connectivity index (χ4n) is 2.49. The molecule has 2 atom stereocenters. The summed E-state index contributed by atoms with van der Waals surface area (Å²) in [6.07, 6.45) is 4.61. The lowest BCUT2D eigenvalue weighted by Crippen LogP contribution is -2.34. The lowest BCUT2D eigenvalue weighted by molar-refractivity contribution is -0.146. The van der Waals surface area contributed by atoms with E-state index in [0.717, 1.165) is 16.8 Å². The van der Waals surface area contributed by atoms with Gasteiger partial charge in [-0.3, -0.25) is 9.59 Å². The Labute approximate surface area is 118 Å². The van der Waals surface area contributed by atoms with Gasteiger partial charge in [0.1, 0.15) is 0 Å². The van der Waals surface area contributed by atoms with E-state index in [2.05, 4.69) is 5.32 Å². The summed E-state index contributed by atoms with van der Waals surface area (Å²) >= 11 is 0. The third-order valence-corrected chi connectivity index (χ3v) is 3.95. The van der Waals surface area contributed by atoms with Gasteiger partial charge >= 0.3 is 5.97 Å². The Morgan fingerprint density at radius 3 is 2.45 bits per heavy atom. The number of benzene rings is 1. The van der Waals surface area contributed by atoms with Crippen molar-refractivity contribution in [1.29, 1.82) is 0 Å². The highest BCUT2D eigenvalue weighted by molar-refractivity contribution is 5.96. The molecule has 0 saturated heterocycles. The zero-order chi connectivity index (χ0) is 14.7. The van der Waals surface area contributed by atoms with Gasteiger partial charge in [-0.15, -0.1) is 0 Å². The average molecular weight is 273 g/mol. The van der Waals surface area contributed by atoms with E-state index in [0.29, 0.717) is 12.8 Å². The van der Waals surface area contributed by atoms with Gasteiger partial charge in [-0.1, -0.05) is 24.3 Å². The van der Waals surface area contributed by atoms with Crippen LogP contribution in [-0.2, 0) is 9.59 Å². The maximum absolute atomic E-state index is 12.3. The molecule has 0 saturated carbocycles. The summed E-state index contributed by atoms with van der Waals surface area (Å²) in [7, 11) is 0. The van der Waals surface area contributed by atoms with Crippen molar-refractivity contribution in [1.82, 2.24) is 0 Å². The molecule has 0 fully saturated rings. The van der Waals surface area contributed by atoms with E-state index in [1.54, 1.807) is 0 Å². The predicted octanol–water partition coefficient (Wildman–Crippen LogP) is 2.91. The molecule has 20 heavy (non-hydrogen) atoms. The summed E-state index contributed by atoms with van der Waals surface area (Å²) in [5.41, 5.74) is 2.87. The number of rotatable bonds is 3. The Morgan fingerprint density at radius 1 is 1.15 bits per heavy atom. The first kappa shape index (κ1) is 14.3. The molecule has 4 nitrogen and oxygen atoms in total. The maximum atomic E-state index is 12.3. The van der Waals surface area contributed by atoms with Crippen molar-refractivity contribution in [2.45, 2.75) is 26.7 Å². The quantitative estimate of drug-likeness (QED) is 0.832. The van der Waals surface area contributed by atoms with Gasteiger partial charge in [-0.05, 0) is 43.9 Å². The highest BCUT2D eigenvalue weighted by atomic mass is 16.4. The van der Waals surface area contributed by atoms with Crippen LogP contribution in [0.2, 0.25) is 0 Å². The van der Waals surface area contributed by atoms with Crippen molar-refractivity contribution in [3.05, 3.63) is 41.5 Å². The van der Waals surface area contributed by atoms with Crippen LogP contribution >= 0.6 is 0 Å². The normalized spacial score (nSPS) is 21.5. The number of hydrogen-bond acceptors (Lipinski definition) is 2. The molecule has 0 radical (unpaired) electrons. The SMILES string of the molecule is Cc1cccc(NC(=O)C2CC=CCC2C(=O)O)c1C. The fraction of sp³-hybridized carbons (Fsp3) is 0.375. The highest BCUT2D eigenvalue weighted by Crippen LogP contribution is 2.28. The minimum atomic E-state index is -0.907. The van der Waals surface area contributed by atoms with E-state index in [1.165, 1.54) is 0 Å². The number of nitrogens with one attached hydrogen (secondary N) is 1. The second-order valence-electron chi connectivity index (χ2n) is 5.23. The van der Waals surface area contributed by atoms with Crippen LogP contribution < -0.4 is 5.32 Å². The van der Waals surface area contributed by atoms with Gasteiger partial charge in [0.25, 0.3) is 0 Å². The topological polar surface area (TPSA) is 66.4 Å².